The molecule has 1 heterocycles. The molecule has 0 saturated carbocycles. The van der Waals surface area contributed by atoms with Crippen LogP contribution in [-0.4, -0.2) is 16.7 Å². The van der Waals surface area contributed by atoms with Crippen LogP contribution in [0.15, 0.2) is 32.3 Å². The SMILES string of the molecule is CCCc1c(Cl)[nH]c(=O)n(-c2ccc(Br)c(OC)c2)c1=O. The highest BCUT2D eigenvalue weighted by Crippen LogP contribution is 2.26. The van der Waals surface area contributed by atoms with Crippen molar-refractivity contribution in [3.05, 3.63) is 54.2 Å². The largest absolute Gasteiger partial charge is 0.495 e. The molecule has 0 radical (unpaired) electrons. The summed E-state index contributed by atoms with van der Waals surface area (Å²) >= 11 is 9.29. The van der Waals surface area contributed by atoms with Gasteiger partial charge in [0.25, 0.3) is 5.56 Å². The summed E-state index contributed by atoms with van der Waals surface area (Å²) in [5, 5.41) is 0.104. The van der Waals surface area contributed by atoms with E-state index in [2.05, 4.69) is 20.9 Å². The molecular weight excluding hydrogens is 360 g/mol. The third kappa shape index (κ3) is 3.06. The summed E-state index contributed by atoms with van der Waals surface area (Å²) in [6.07, 6.45) is 1.26. The summed E-state index contributed by atoms with van der Waals surface area (Å²) < 4.78 is 6.99. The average molecular weight is 374 g/mol. The maximum Gasteiger partial charge on any atom is 0.334 e. The third-order valence-electron chi connectivity index (χ3n) is 3.04. The minimum Gasteiger partial charge on any atom is -0.495 e. The number of benzene rings is 1. The van der Waals surface area contributed by atoms with Gasteiger partial charge >= 0.3 is 5.69 Å². The number of nitrogens with one attached hydrogen (secondary N) is 1. The number of H-pyrrole nitrogens is 1. The lowest BCUT2D eigenvalue weighted by atomic mass is 10.2. The van der Waals surface area contributed by atoms with Gasteiger partial charge in [-0.3, -0.25) is 9.78 Å². The van der Waals surface area contributed by atoms with Crippen LogP contribution >= 0.6 is 27.5 Å². The number of ether oxygens (including phenoxy) is 1. The van der Waals surface area contributed by atoms with E-state index in [1.165, 1.54) is 7.11 Å². The summed E-state index contributed by atoms with van der Waals surface area (Å²) in [6.45, 7) is 1.94. The molecule has 0 amide bonds. The standard InChI is InChI=1S/C14H14BrClN2O3/c1-3-4-9-12(16)17-14(20)18(13(9)19)8-5-6-10(15)11(7-8)21-2/h5-7H,3-4H2,1-2H3,(H,17,20). The summed E-state index contributed by atoms with van der Waals surface area (Å²) in [5.41, 5.74) is -0.153. The van der Waals surface area contributed by atoms with Crippen LogP contribution in [0.2, 0.25) is 5.15 Å². The van der Waals surface area contributed by atoms with E-state index in [4.69, 9.17) is 16.3 Å². The number of halogens is 2. The number of rotatable bonds is 4. The number of hydrogen-bond acceptors (Lipinski definition) is 3. The van der Waals surface area contributed by atoms with Crippen molar-refractivity contribution in [2.24, 2.45) is 0 Å². The zero-order chi connectivity index (χ0) is 15.6. The van der Waals surface area contributed by atoms with Crippen molar-refractivity contribution < 1.29 is 4.74 Å². The van der Waals surface area contributed by atoms with E-state index in [0.717, 1.165) is 15.5 Å². The minimum atomic E-state index is -0.575. The lowest BCUT2D eigenvalue weighted by molar-refractivity contribution is 0.412. The lowest BCUT2D eigenvalue weighted by Gasteiger charge is -2.10. The number of methoxy groups -OCH3 is 1. The Balaban J connectivity index is 2.72. The molecule has 0 saturated heterocycles. The van der Waals surface area contributed by atoms with Crippen LogP contribution < -0.4 is 16.0 Å². The summed E-state index contributed by atoms with van der Waals surface area (Å²) in [7, 11) is 1.52. The lowest BCUT2D eigenvalue weighted by Crippen LogP contribution is -2.36. The van der Waals surface area contributed by atoms with Crippen molar-refractivity contribution in [3.63, 3.8) is 0 Å². The predicted molar refractivity (Wildman–Crippen MR) is 85.9 cm³/mol. The number of hydrogen-bond donors (Lipinski definition) is 1. The first-order chi connectivity index (χ1) is 9.99. The topological polar surface area (TPSA) is 64.1 Å². The third-order valence-corrected chi connectivity index (χ3v) is 4.02. The van der Waals surface area contributed by atoms with Crippen LogP contribution in [-0.2, 0) is 6.42 Å². The van der Waals surface area contributed by atoms with Crippen molar-refractivity contribution in [2.75, 3.05) is 7.11 Å². The first-order valence-electron chi connectivity index (χ1n) is 6.37. The molecule has 0 bridgehead atoms. The second kappa shape index (κ2) is 6.49. The van der Waals surface area contributed by atoms with Gasteiger partial charge in [0.2, 0.25) is 0 Å². The van der Waals surface area contributed by atoms with Crippen LogP contribution in [0.25, 0.3) is 5.69 Å². The number of nitrogens with zero attached hydrogens (tertiary/aromatic N) is 1. The predicted octanol–water partition coefficient (Wildman–Crippen LogP) is 2.90. The Hall–Kier alpha value is -1.53. The van der Waals surface area contributed by atoms with Gasteiger partial charge in [-0.25, -0.2) is 9.36 Å². The normalized spacial score (nSPS) is 10.7. The molecule has 5 nitrogen and oxygen atoms in total. The first kappa shape index (κ1) is 15.9. The summed E-state index contributed by atoms with van der Waals surface area (Å²) in [4.78, 5) is 27.1. The van der Waals surface area contributed by atoms with Crippen molar-refractivity contribution in [3.8, 4) is 11.4 Å². The van der Waals surface area contributed by atoms with E-state index in [1.54, 1.807) is 18.2 Å². The number of aromatic nitrogens is 2. The van der Waals surface area contributed by atoms with Crippen molar-refractivity contribution >= 4 is 27.5 Å². The molecule has 1 aromatic carbocycles. The minimum absolute atomic E-state index is 0.104. The van der Waals surface area contributed by atoms with Gasteiger partial charge in [-0.1, -0.05) is 24.9 Å². The highest BCUT2D eigenvalue weighted by molar-refractivity contribution is 9.10. The molecule has 0 unspecified atom stereocenters. The van der Waals surface area contributed by atoms with Gasteiger partial charge in [0.1, 0.15) is 10.9 Å². The molecule has 0 atom stereocenters. The Morgan fingerprint density at radius 2 is 2.10 bits per heavy atom. The monoisotopic (exact) mass is 372 g/mol. The van der Waals surface area contributed by atoms with Gasteiger partial charge in [0.15, 0.2) is 0 Å². The van der Waals surface area contributed by atoms with Gasteiger partial charge in [-0.05, 0) is 34.5 Å². The molecule has 0 aliphatic rings. The average Bonchev–Trinajstić information content (AvgIpc) is 2.45. The van der Waals surface area contributed by atoms with E-state index in [1.807, 2.05) is 6.92 Å². The van der Waals surface area contributed by atoms with Crippen LogP contribution in [0.4, 0.5) is 0 Å². The summed E-state index contributed by atoms with van der Waals surface area (Å²) in [6, 6.07) is 4.99. The Kier molecular flexibility index (Phi) is 4.90. The highest BCUT2D eigenvalue weighted by atomic mass is 79.9. The van der Waals surface area contributed by atoms with Gasteiger partial charge in [0, 0.05) is 6.07 Å². The van der Waals surface area contributed by atoms with E-state index in [9.17, 15) is 9.59 Å². The molecule has 21 heavy (non-hydrogen) atoms. The Bertz CT molecular complexity index is 783. The van der Waals surface area contributed by atoms with Crippen LogP contribution in [0.1, 0.15) is 18.9 Å². The van der Waals surface area contributed by atoms with Crippen molar-refractivity contribution in [1.29, 1.82) is 0 Å². The molecule has 0 spiro atoms. The van der Waals surface area contributed by atoms with Crippen molar-refractivity contribution in [1.82, 2.24) is 9.55 Å². The Labute approximate surface area is 134 Å². The highest BCUT2D eigenvalue weighted by Gasteiger charge is 2.14. The summed E-state index contributed by atoms with van der Waals surface area (Å²) in [5.74, 6) is 0.533. The zero-order valence-electron chi connectivity index (χ0n) is 11.6. The smallest absolute Gasteiger partial charge is 0.334 e. The molecular formula is C14H14BrClN2O3. The van der Waals surface area contributed by atoms with Gasteiger partial charge in [0.05, 0.1) is 22.8 Å². The maximum atomic E-state index is 12.5. The fraction of sp³-hybridized carbons (Fsp3) is 0.286. The maximum absolute atomic E-state index is 12.5. The van der Waals surface area contributed by atoms with Gasteiger partial charge in [-0.2, -0.15) is 0 Å². The van der Waals surface area contributed by atoms with E-state index in [0.29, 0.717) is 23.4 Å². The molecule has 0 aliphatic heterocycles. The van der Waals surface area contributed by atoms with Crippen LogP contribution in [0, 0.1) is 0 Å². The molecule has 0 fully saturated rings. The van der Waals surface area contributed by atoms with Gasteiger partial charge < -0.3 is 4.74 Å². The molecule has 1 N–H and O–H groups in total. The van der Waals surface area contributed by atoms with Crippen LogP contribution in [0.3, 0.4) is 0 Å². The van der Waals surface area contributed by atoms with E-state index in [-0.39, 0.29) is 5.15 Å². The molecule has 2 aromatic rings. The quantitative estimate of drug-likeness (QED) is 0.838. The molecule has 7 heteroatoms. The van der Waals surface area contributed by atoms with Crippen LogP contribution in [0.5, 0.6) is 5.75 Å². The second-order valence-electron chi connectivity index (χ2n) is 4.43. The number of aromatic amines is 1. The zero-order valence-corrected chi connectivity index (χ0v) is 13.9. The molecule has 112 valence electrons. The Morgan fingerprint density at radius 3 is 2.71 bits per heavy atom. The molecule has 1 aromatic heterocycles. The Morgan fingerprint density at radius 1 is 1.38 bits per heavy atom. The fourth-order valence-corrected chi connectivity index (χ4v) is 2.70. The van der Waals surface area contributed by atoms with E-state index >= 15 is 0 Å². The van der Waals surface area contributed by atoms with Crippen molar-refractivity contribution in [2.45, 2.75) is 19.8 Å². The second-order valence-corrected chi connectivity index (χ2v) is 5.66. The molecule has 2 rings (SSSR count). The fourth-order valence-electron chi connectivity index (χ4n) is 2.04. The van der Waals surface area contributed by atoms with Gasteiger partial charge in [-0.15, -0.1) is 0 Å². The van der Waals surface area contributed by atoms with E-state index < -0.39 is 11.2 Å². The molecule has 0 aliphatic carbocycles. The first-order valence-corrected chi connectivity index (χ1v) is 7.54.